The lowest BCUT2D eigenvalue weighted by molar-refractivity contribution is -0.119. The molecule has 0 saturated carbocycles. The molecule has 0 radical (unpaired) electrons. The zero-order valence-electron chi connectivity index (χ0n) is 13.2. The van der Waals surface area contributed by atoms with E-state index in [1.807, 2.05) is 49.2 Å². The maximum atomic E-state index is 12.6. The fraction of sp³-hybridized carbons (Fsp3) is 0.500. The average Bonchev–Trinajstić information content (AvgIpc) is 2.95. The number of sulfone groups is 1. The molecule has 23 heavy (non-hydrogen) atoms. The summed E-state index contributed by atoms with van der Waals surface area (Å²) in [4.78, 5) is 18.7. The number of fused-ring (bicyclic) bond motifs is 1. The Morgan fingerprint density at radius 3 is 2.65 bits per heavy atom. The zero-order valence-corrected chi connectivity index (χ0v) is 14.8. The van der Waals surface area contributed by atoms with Crippen LogP contribution in [0.4, 0.5) is 0 Å². The van der Waals surface area contributed by atoms with Crippen molar-refractivity contribution in [3.63, 3.8) is 0 Å². The fourth-order valence-corrected chi connectivity index (χ4v) is 7.15. The van der Waals surface area contributed by atoms with Gasteiger partial charge in [0.1, 0.15) is 0 Å². The Morgan fingerprint density at radius 1 is 1.35 bits per heavy atom. The van der Waals surface area contributed by atoms with Gasteiger partial charge in [-0.1, -0.05) is 49.0 Å². The number of hydrogen-bond donors (Lipinski definition) is 0. The fourth-order valence-electron chi connectivity index (χ4n) is 3.15. The van der Waals surface area contributed by atoms with E-state index < -0.39 is 9.84 Å². The topological polar surface area (TPSA) is 66.8 Å². The first-order valence-electron chi connectivity index (χ1n) is 7.68. The van der Waals surface area contributed by atoms with Crippen molar-refractivity contribution in [3.05, 3.63) is 35.9 Å². The molecule has 2 saturated heterocycles. The summed E-state index contributed by atoms with van der Waals surface area (Å²) in [5.74, 6) is -0.0715. The Balaban J connectivity index is 1.78. The van der Waals surface area contributed by atoms with Crippen LogP contribution in [0.25, 0.3) is 0 Å². The number of carbonyl (C=O) groups excluding carboxylic acids is 1. The van der Waals surface area contributed by atoms with Crippen LogP contribution in [0, 0.1) is 0 Å². The van der Waals surface area contributed by atoms with Gasteiger partial charge in [0.05, 0.1) is 23.5 Å². The van der Waals surface area contributed by atoms with Gasteiger partial charge in [-0.2, -0.15) is 4.99 Å². The van der Waals surface area contributed by atoms with Gasteiger partial charge in [-0.05, 0) is 12.0 Å². The molecule has 0 spiro atoms. The first-order valence-corrected chi connectivity index (χ1v) is 10.4. The third-order valence-corrected chi connectivity index (χ3v) is 7.74. The summed E-state index contributed by atoms with van der Waals surface area (Å²) in [6.45, 7) is 1.97. The first kappa shape index (κ1) is 16.5. The van der Waals surface area contributed by atoms with Crippen LogP contribution in [0.3, 0.4) is 0 Å². The third kappa shape index (κ3) is 3.30. The Morgan fingerprint density at radius 2 is 2.04 bits per heavy atom. The monoisotopic (exact) mass is 352 g/mol. The minimum atomic E-state index is -2.96. The van der Waals surface area contributed by atoms with E-state index >= 15 is 0 Å². The van der Waals surface area contributed by atoms with Crippen molar-refractivity contribution in [1.29, 1.82) is 0 Å². The molecule has 3 rings (SSSR count). The number of benzene rings is 1. The van der Waals surface area contributed by atoms with Crippen LogP contribution >= 0.6 is 11.8 Å². The van der Waals surface area contributed by atoms with Crippen molar-refractivity contribution in [1.82, 2.24) is 4.90 Å². The SMILES string of the molecule is CC[C@@H](C(=O)N=C1S[C@H]2CS(=O)(=O)C[C@H]2N1C)c1ccccc1. The number of hydrogen-bond acceptors (Lipinski definition) is 4. The molecule has 1 amide bonds. The first-order chi connectivity index (χ1) is 10.9. The lowest BCUT2D eigenvalue weighted by atomic mass is 9.96. The lowest BCUT2D eigenvalue weighted by Crippen LogP contribution is -2.34. The van der Waals surface area contributed by atoms with E-state index in [1.165, 1.54) is 11.8 Å². The van der Waals surface area contributed by atoms with Gasteiger partial charge >= 0.3 is 0 Å². The number of carbonyl (C=O) groups is 1. The van der Waals surface area contributed by atoms with E-state index in [9.17, 15) is 13.2 Å². The molecule has 0 aliphatic carbocycles. The minimum absolute atomic E-state index is 0.00616. The molecule has 0 aromatic heterocycles. The lowest BCUT2D eigenvalue weighted by Gasteiger charge is -2.18. The van der Waals surface area contributed by atoms with Crippen LogP contribution in [0.5, 0.6) is 0 Å². The number of nitrogens with zero attached hydrogens (tertiary/aromatic N) is 2. The maximum absolute atomic E-state index is 12.6. The van der Waals surface area contributed by atoms with Gasteiger partial charge in [0.15, 0.2) is 15.0 Å². The maximum Gasteiger partial charge on any atom is 0.255 e. The number of aliphatic imine (C=N–C) groups is 1. The highest BCUT2D eigenvalue weighted by Crippen LogP contribution is 2.37. The zero-order chi connectivity index (χ0) is 16.6. The molecule has 2 heterocycles. The molecule has 1 aromatic carbocycles. The van der Waals surface area contributed by atoms with Crippen molar-refractivity contribution in [2.24, 2.45) is 4.99 Å². The molecule has 124 valence electrons. The third-order valence-electron chi connectivity index (χ3n) is 4.44. The van der Waals surface area contributed by atoms with Gasteiger partial charge in [0, 0.05) is 12.3 Å². The Hall–Kier alpha value is -1.34. The molecule has 2 aliphatic heterocycles. The minimum Gasteiger partial charge on any atom is -0.349 e. The number of rotatable bonds is 3. The molecule has 2 aliphatic rings. The molecule has 0 N–H and O–H groups in total. The predicted molar refractivity (Wildman–Crippen MR) is 93.5 cm³/mol. The molecule has 3 atom stereocenters. The summed E-state index contributed by atoms with van der Waals surface area (Å²) < 4.78 is 23.4. The normalized spacial score (nSPS) is 28.8. The van der Waals surface area contributed by atoms with Gasteiger partial charge in [0.2, 0.25) is 0 Å². The standard InChI is InChI=1S/C16H20N2O3S2/c1-3-12(11-7-5-4-6-8-11)15(19)17-16-18(2)13-9-23(20,21)10-14(13)22-16/h4-8,12-14H,3,9-10H2,1-2H3/t12-,13-,14+/m1/s1. The predicted octanol–water partition coefficient (Wildman–Crippen LogP) is 1.91. The van der Waals surface area contributed by atoms with Gasteiger partial charge in [-0.15, -0.1) is 0 Å². The van der Waals surface area contributed by atoms with E-state index in [2.05, 4.69) is 4.99 Å². The molecule has 2 fully saturated rings. The second kappa shape index (κ2) is 6.28. The molecule has 1 aromatic rings. The van der Waals surface area contributed by atoms with E-state index in [1.54, 1.807) is 0 Å². The summed E-state index contributed by atoms with van der Waals surface area (Å²) in [6, 6.07) is 9.59. The van der Waals surface area contributed by atoms with Crippen LogP contribution in [0.1, 0.15) is 24.8 Å². The van der Waals surface area contributed by atoms with Crippen LogP contribution in [-0.4, -0.2) is 54.2 Å². The summed E-state index contributed by atoms with van der Waals surface area (Å²) in [6.07, 6.45) is 0.690. The van der Waals surface area contributed by atoms with Gasteiger partial charge in [-0.25, -0.2) is 8.42 Å². The highest BCUT2D eigenvalue weighted by atomic mass is 32.2. The van der Waals surface area contributed by atoms with Gasteiger partial charge in [0.25, 0.3) is 5.91 Å². The van der Waals surface area contributed by atoms with Crippen LogP contribution in [-0.2, 0) is 14.6 Å². The molecule has 0 bridgehead atoms. The summed E-state index contributed by atoms with van der Waals surface area (Å²) >= 11 is 1.42. The highest BCUT2D eigenvalue weighted by Gasteiger charge is 2.47. The van der Waals surface area contributed by atoms with Crippen LogP contribution < -0.4 is 0 Å². The molecule has 7 heteroatoms. The van der Waals surface area contributed by atoms with Crippen LogP contribution in [0.15, 0.2) is 35.3 Å². The van der Waals surface area contributed by atoms with E-state index in [4.69, 9.17) is 0 Å². The molecule has 0 unspecified atom stereocenters. The quantitative estimate of drug-likeness (QED) is 0.831. The summed E-state index contributed by atoms with van der Waals surface area (Å²) in [7, 11) is -1.13. The van der Waals surface area contributed by atoms with Crippen molar-refractivity contribution in [2.45, 2.75) is 30.6 Å². The Bertz CT molecular complexity index is 731. The number of amides is 1. The van der Waals surface area contributed by atoms with E-state index in [0.717, 1.165) is 5.56 Å². The molecular formula is C16H20N2O3S2. The van der Waals surface area contributed by atoms with Crippen molar-refractivity contribution < 1.29 is 13.2 Å². The van der Waals surface area contributed by atoms with E-state index in [-0.39, 0.29) is 34.6 Å². The Labute approximate surface area is 141 Å². The summed E-state index contributed by atoms with van der Waals surface area (Å²) in [5, 5.41) is 0.641. The second-order valence-electron chi connectivity index (χ2n) is 6.02. The second-order valence-corrected chi connectivity index (χ2v) is 9.38. The van der Waals surface area contributed by atoms with Gasteiger partial charge < -0.3 is 4.90 Å². The van der Waals surface area contributed by atoms with Gasteiger partial charge in [-0.3, -0.25) is 4.79 Å². The van der Waals surface area contributed by atoms with Crippen molar-refractivity contribution in [2.75, 3.05) is 18.6 Å². The largest absolute Gasteiger partial charge is 0.349 e. The van der Waals surface area contributed by atoms with Crippen molar-refractivity contribution in [3.8, 4) is 0 Å². The number of amidine groups is 1. The average molecular weight is 352 g/mol. The van der Waals surface area contributed by atoms with E-state index in [0.29, 0.717) is 11.6 Å². The summed E-state index contributed by atoms with van der Waals surface area (Å²) in [5.41, 5.74) is 0.970. The molecule has 5 nitrogen and oxygen atoms in total. The highest BCUT2D eigenvalue weighted by molar-refractivity contribution is 8.15. The molecular weight excluding hydrogens is 332 g/mol. The smallest absolute Gasteiger partial charge is 0.255 e. The van der Waals surface area contributed by atoms with Crippen LogP contribution in [0.2, 0.25) is 0 Å². The van der Waals surface area contributed by atoms with Crippen molar-refractivity contribution >= 4 is 32.7 Å². The number of thioether (sulfide) groups is 1. The Kier molecular flexibility index (Phi) is 4.51.